The average molecular weight is 344 g/mol. The summed E-state index contributed by atoms with van der Waals surface area (Å²) in [4.78, 5) is 16.0. The monoisotopic (exact) mass is 344 g/mol. The lowest BCUT2D eigenvalue weighted by Crippen LogP contribution is -2.06. The molecule has 0 fully saturated rings. The Morgan fingerprint density at radius 1 is 1.12 bits per heavy atom. The number of aryl methyl sites for hydroxylation is 1. The number of aromatic nitrogens is 2. The van der Waals surface area contributed by atoms with E-state index in [2.05, 4.69) is 17.1 Å². The van der Waals surface area contributed by atoms with Gasteiger partial charge in [0.15, 0.2) is 6.61 Å². The molecule has 1 heterocycles. The van der Waals surface area contributed by atoms with Crippen molar-refractivity contribution in [3.05, 3.63) is 71.1 Å². The Balaban J connectivity index is 1.65. The third kappa shape index (κ3) is 4.06. The number of carbonyl (C=O) groups is 1. The highest BCUT2D eigenvalue weighted by molar-refractivity contribution is 5.89. The van der Waals surface area contributed by atoms with Gasteiger partial charge >= 0.3 is 5.97 Å². The van der Waals surface area contributed by atoms with Crippen LogP contribution in [0, 0.1) is 11.6 Å². The van der Waals surface area contributed by atoms with Gasteiger partial charge in [-0.15, -0.1) is 0 Å². The van der Waals surface area contributed by atoms with Crippen LogP contribution in [0.4, 0.5) is 8.78 Å². The van der Waals surface area contributed by atoms with Crippen molar-refractivity contribution in [3.8, 4) is 11.4 Å². The van der Waals surface area contributed by atoms with Gasteiger partial charge in [0, 0.05) is 11.6 Å². The van der Waals surface area contributed by atoms with E-state index in [1.165, 1.54) is 5.56 Å². The van der Waals surface area contributed by atoms with Gasteiger partial charge in [-0.25, -0.2) is 13.6 Å². The molecule has 1 aromatic heterocycles. The van der Waals surface area contributed by atoms with E-state index < -0.39 is 17.6 Å². The van der Waals surface area contributed by atoms with Gasteiger partial charge in [0.2, 0.25) is 5.82 Å². The molecule has 0 atom stereocenters. The zero-order valence-electron chi connectivity index (χ0n) is 13.3. The van der Waals surface area contributed by atoms with E-state index >= 15 is 0 Å². The van der Waals surface area contributed by atoms with Crippen LogP contribution in [0.15, 0.2) is 47.0 Å². The Labute approximate surface area is 142 Å². The number of halogens is 2. The molecule has 0 N–H and O–H groups in total. The molecule has 0 saturated heterocycles. The fraction of sp³-hybridized carbons (Fsp3) is 0.167. The van der Waals surface area contributed by atoms with Crippen LogP contribution in [0.3, 0.4) is 0 Å². The summed E-state index contributed by atoms with van der Waals surface area (Å²) in [5.74, 6) is -2.15. The van der Waals surface area contributed by atoms with Gasteiger partial charge < -0.3 is 9.26 Å². The van der Waals surface area contributed by atoms with Crippen LogP contribution in [-0.2, 0) is 17.8 Å². The lowest BCUT2D eigenvalue weighted by atomic mass is 10.1. The fourth-order valence-corrected chi connectivity index (χ4v) is 2.20. The smallest absolute Gasteiger partial charge is 0.338 e. The number of hydrogen-bond donors (Lipinski definition) is 0. The summed E-state index contributed by atoms with van der Waals surface area (Å²) < 4.78 is 36.2. The molecule has 7 heteroatoms. The van der Waals surface area contributed by atoms with Crippen molar-refractivity contribution < 1.29 is 22.8 Å². The molecule has 5 nitrogen and oxygen atoms in total. The van der Waals surface area contributed by atoms with Crippen molar-refractivity contribution in [1.29, 1.82) is 0 Å². The summed E-state index contributed by atoms with van der Waals surface area (Å²) in [5.41, 5.74) is 1.72. The zero-order valence-corrected chi connectivity index (χ0v) is 13.3. The number of ether oxygens (including phenoxy) is 1. The average Bonchev–Trinajstić information content (AvgIpc) is 3.08. The van der Waals surface area contributed by atoms with Crippen LogP contribution in [-0.4, -0.2) is 16.1 Å². The quantitative estimate of drug-likeness (QED) is 0.656. The van der Waals surface area contributed by atoms with Gasteiger partial charge in [-0.05, 0) is 24.1 Å². The summed E-state index contributed by atoms with van der Waals surface area (Å²) in [7, 11) is 0. The van der Waals surface area contributed by atoms with E-state index in [0.29, 0.717) is 11.9 Å². The highest BCUT2D eigenvalue weighted by Crippen LogP contribution is 2.17. The summed E-state index contributed by atoms with van der Waals surface area (Å²) in [6.07, 6.45) is 0.925. The second-order valence-electron chi connectivity index (χ2n) is 5.30. The number of esters is 1. The third-order valence-corrected chi connectivity index (χ3v) is 3.51. The van der Waals surface area contributed by atoms with Crippen molar-refractivity contribution in [3.63, 3.8) is 0 Å². The largest absolute Gasteiger partial charge is 0.452 e. The number of rotatable bonds is 5. The lowest BCUT2D eigenvalue weighted by molar-refractivity contribution is 0.0428. The van der Waals surface area contributed by atoms with Gasteiger partial charge in [0.1, 0.15) is 11.6 Å². The molecule has 3 rings (SSSR count). The number of carbonyl (C=O) groups excluding carboxylic acids is 1. The predicted octanol–water partition coefficient (Wildman–Crippen LogP) is 3.93. The molecule has 0 spiro atoms. The van der Waals surface area contributed by atoms with Crippen molar-refractivity contribution in [1.82, 2.24) is 10.1 Å². The molecule has 0 aliphatic heterocycles. The number of hydrogen-bond acceptors (Lipinski definition) is 5. The first-order chi connectivity index (χ1) is 12.0. The molecule has 3 aromatic rings. The van der Waals surface area contributed by atoms with Crippen LogP contribution in [0.2, 0.25) is 0 Å². The van der Waals surface area contributed by atoms with E-state index in [0.717, 1.165) is 24.1 Å². The highest BCUT2D eigenvalue weighted by atomic mass is 19.1. The summed E-state index contributed by atoms with van der Waals surface area (Å²) in [6, 6.07) is 10.1. The lowest BCUT2D eigenvalue weighted by Gasteiger charge is -2.02. The number of benzene rings is 2. The molecule has 2 aromatic carbocycles. The van der Waals surface area contributed by atoms with E-state index in [-0.39, 0.29) is 18.1 Å². The van der Waals surface area contributed by atoms with E-state index in [1.54, 1.807) is 0 Å². The van der Waals surface area contributed by atoms with E-state index in [4.69, 9.17) is 9.26 Å². The van der Waals surface area contributed by atoms with Crippen LogP contribution in [0.1, 0.15) is 28.7 Å². The zero-order chi connectivity index (χ0) is 17.8. The first kappa shape index (κ1) is 16.8. The van der Waals surface area contributed by atoms with Crippen LogP contribution >= 0.6 is 0 Å². The van der Waals surface area contributed by atoms with E-state index in [9.17, 15) is 13.6 Å². The third-order valence-electron chi connectivity index (χ3n) is 3.51. The first-order valence-corrected chi connectivity index (χ1v) is 7.60. The molecule has 0 bridgehead atoms. The van der Waals surface area contributed by atoms with Crippen LogP contribution in [0.25, 0.3) is 11.4 Å². The minimum atomic E-state index is -0.884. The van der Waals surface area contributed by atoms with E-state index in [1.807, 2.05) is 24.3 Å². The topological polar surface area (TPSA) is 65.2 Å². The maximum atomic E-state index is 13.1. The predicted molar refractivity (Wildman–Crippen MR) is 84.6 cm³/mol. The fourth-order valence-electron chi connectivity index (χ4n) is 2.20. The second-order valence-corrected chi connectivity index (χ2v) is 5.30. The summed E-state index contributed by atoms with van der Waals surface area (Å²) >= 11 is 0. The Morgan fingerprint density at radius 3 is 2.44 bits per heavy atom. The van der Waals surface area contributed by atoms with Crippen LogP contribution < -0.4 is 0 Å². The minimum absolute atomic E-state index is 0.0831. The molecule has 0 amide bonds. The molecule has 0 aliphatic carbocycles. The van der Waals surface area contributed by atoms with Crippen molar-refractivity contribution in [2.45, 2.75) is 20.0 Å². The van der Waals surface area contributed by atoms with Crippen molar-refractivity contribution >= 4 is 5.97 Å². The number of nitrogens with zero attached hydrogens (tertiary/aromatic N) is 2. The minimum Gasteiger partial charge on any atom is -0.452 e. The van der Waals surface area contributed by atoms with Crippen molar-refractivity contribution in [2.75, 3.05) is 0 Å². The molecule has 0 aliphatic rings. The molecule has 25 heavy (non-hydrogen) atoms. The first-order valence-electron chi connectivity index (χ1n) is 7.60. The van der Waals surface area contributed by atoms with Gasteiger partial charge in [-0.2, -0.15) is 4.98 Å². The maximum Gasteiger partial charge on any atom is 0.338 e. The normalized spacial score (nSPS) is 10.7. The summed E-state index contributed by atoms with van der Waals surface area (Å²) in [6.45, 7) is 1.76. The maximum absolute atomic E-state index is 13.1. The summed E-state index contributed by atoms with van der Waals surface area (Å²) in [5, 5.41) is 3.82. The molecular weight excluding hydrogens is 330 g/mol. The molecule has 0 unspecified atom stereocenters. The van der Waals surface area contributed by atoms with Gasteiger partial charge in [-0.3, -0.25) is 0 Å². The second kappa shape index (κ2) is 7.21. The van der Waals surface area contributed by atoms with Crippen molar-refractivity contribution in [2.24, 2.45) is 0 Å². The Morgan fingerprint density at radius 2 is 1.80 bits per heavy atom. The SMILES string of the molecule is CCc1ccc(-c2noc(COC(=O)c3cc(F)cc(F)c3)n2)cc1. The highest BCUT2D eigenvalue weighted by Gasteiger charge is 2.14. The molecule has 128 valence electrons. The molecule has 0 saturated carbocycles. The van der Waals surface area contributed by atoms with Gasteiger partial charge in [0.25, 0.3) is 5.89 Å². The molecular formula is C18H14F2N2O3. The van der Waals surface area contributed by atoms with Crippen LogP contribution in [0.5, 0.6) is 0 Å². The Hall–Kier alpha value is -3.09. The standard InChI is InChI=1S/C18H14F2N2O3/c1-2-11-3-5-12(6-4-11)17-21-16(25-22-17)10-24-18(23)13-7-14(19)9-15(20)8-13/h3-9H,2,10H2,1H3. The van der Waals surface area contributed by atoms with Gasteiger partial charge in [-0.1, -0.05) is 36.3 Å². The van der Waals surface area contributed by atoms with Gasteiger partial charge in [0.05, 0.1) is 5.56 Å². The molecule has 0 radical (unpaired) electrons. The Kier molecular flexibility index (Phi) is 4.83. The Bertz CT molecular complexity index is 871.